The molecule has 1 rings (SSSR count). The van der Waals surface area contributed by atoms with E-state index < -0.39 is 18.0 Å². The Morgan fingerprint density at radius 2 is 2.12 bits per heavy atom. The molecule has 0 bridgehead atoms. The van der Waals surface area contributed by atoms with E-state index in [2.05, 4.69) is 4.90 Å². The lowest BCUT2D eigenvalue weighted by molar-refractivity contribution is -0.149. The van der Waals surface area contributed by atoms with Crippen molar-refractivity contribution < 1.29 is 19.8 Å². The fourth-order valence-corrected chi connectivity index (χ4v) is 2.31. The maximum atomic E-state index is 11.0. The second-order valence-electron chi connectivity index (χ2n) is 4.81. The number of likely N-dealkylation sites (tertiary alicyclic amines) is 1. The van der Waals surface area contributed by atoms with Crippen LogP contribution in [0.25, 0.3) is 0 Å². The molecule has 17 heavy (non-hydrogen) atoms. The van der Waals surface area contributed by atoms with Crippen LogP contribution in [0.1, 0.15) is 12.8 Å². The molecule has 2 unspecified atom stereocenters. The molecule has 1 heterocycles. The maximum Gasteiger partial charge on any atom is 0.321 e. The van der Waals surface area contributed by atoms with Gasteiger partial charge in [-0.15, -0.1) is 0 Å². The van der Waals surface area contributed by atoms with Gasteiger partial charge in [0.05, 0.1) is 6.42 Å². The number of aliphatic carboxylic acids is 2. The van der Waals surface area contributed by atoms with Crippen molar-refractivity contribution >= 4 is 11.9 Å². The van der Waals surface area contributed by atoms with E-state index in [1.165, 1.54) is 0 Å². The van der Waals surface area contributed by atoms with Gasteiger partial charge in [-0.2, -0.15) is 0 Å². The fraction of sp³-hybridized carbons (Fsp3) is 0.818. The lowest BCUT2D eigenvalue weighted by Crippen LogP contribution is -2.42. The quantitative estimate of drug-likeness (QED) is 0.673. The average molecular weight is 244 g/mol. The maximum absolute atomic E-state index is 11.0. The van der Waals surface area contributed by atoms with Gasteiger partial charge in [-0.1, -0.05) is 0 Å². The Bertz CT molecular complexity index is 295. The lowest BCUT2D eigenvalue weighted by Gasteiger charge is -2.26. The zero-order valence-corrected chi connectivity index (χ0v) is 10.3. The van der Waals surface area contributed by atoms with Gasteiger partial charge < -0.3 is 15.1 Å². The van der Waals surface area contributed by atoms with Crippen LogP contribution in [0.5, 0.6) is 0 Å². The average Bonchev–Trinajstić information content (AvgIpc) is 2.59. The SMILES string of the molecule is CN1CCC(CN(C)C(CC(=O)O)C(=O)O)C1. The molecule has 1 aliphatic rings. The van der Waals surface area contributed by atoms with Gasteiger partial charge in [0, 0.05) is 13.1 Å². The monoisotopic (exact) mass is 244 g/mol. The van der Waals surface area contributed by atoms with Crippen LogP contribution in [-0.4, -0.2) is 71.7 Å². The largest absolute Gasteiger partial charge is 0.481 e. The van der Waals surface area contributed by atoms with Crippen molar-refractivity contribution in [2.75, 3.05) is 33.7 Å². The lowest BCUT2D eigenvalue weighted by atomic mass is 10.1. The molecule has 1 saturated heterocycles. The molecule has 98 valence electrons. The van der Waals surface area contributed by atoms with Gasteiger partial charge in [-0.3, -0.25) is 14.5 Å². The minimum Gasteiger partial charge on any atom is -0.481 e. The Balaban J connectivity index is 2.50. The highest BCUT2D eigenvalue weighted by Gasteiger charge is 2.29. The van der Waals surface area contributed by atoms with Gasteiger partial charge >= 0.3 is 11.9 Å². The Hall–Kier alpha value is -1.14. The van der Waals surface area contributed by atoms with Crippen molar-refractivity contribution in [3.63, 3.8) is 0 Å². The molecule has 2 N–H and O–H groups in total. The first-order valence-electron chi connectivity index (χ1n) is 5.73. The van der Waals surface area contributed by atoms with Crippen LogP contribution in [0.4, 0.5) is 0 Å². The molecule has 0 aromatic rings. The summed E-state index contributed by atoms with van der Waals surface area (Å²) in [6, 6.07) is -0.932. The summed E-state index contributed by atoms with van der Waals surface area (Å²) in [6.07, 6.45) is 0.689. The summed E-state index contributed by atoms with van der Waals surface area (Å²) < 4.78 is 0. The molecule has 0 radical (unpaired) electrons. The van der Waals surface area contributed by atoms with Crippen molar-refractivity contribution in [2.45, 2.75) is 18.9 Å². The van der Waals surface area contributed by atoms with Gasteiger partial charge in [-0.25, -0.2) is 0 Å². The minimum absolute atomic E-state index is 0.353. The predicted octanol–water partition coefficient (Wildman–Crippen LogP) is -0.202. The third kappa shape index (κ3) is 4.32. The van der Waals surface area contributed by atoms with E-state index in [0.29, 0.717) is 12.5 Å². The Labute approximate surface area is 101 Å². The van der Waals surface area contributed by atoms with E-state index in [0.717, 1.165) is 19.5 Å². The van der Waals surface area contributed by atoms with Crippen molar-refractivity contribution in [1.29, 1.82) is 0 Å². The van der Waals surface area contributed by atoms with Crippen LogP contribution < -0.4 is 0 Å². The Kier molecular flexibility index (Phi) is 4.89. The summed E-state index contributed by atoms with van der Waals surface area (Å²) in [6.45, 7) is 2.60. The van der Waals surface area contributed by atoms with E-state index in [4.69, 9.17) is 10.2 Å². The van der Waals surface area contributed by atoms with Gasteiger partial charge in [-0.05, 0) is 33.0 Å². The summed E-state index contributed by atoms with van der Waals surface area (Å²) in [4.78, 5) is 25.4. The standard InChI is InChI=1S/C11H20N2O4/c1-12-4-3-8(6-12)7-13(2)9(11(16)17)5-10(14)15/h8-9H,3-7H2,1-2H3,(H,14,15)(H,16,17). The summed E-state index contributed by atoms with van der Waals surface area (Å²) in [5.74, 6) is -1.71. The Morgan fingerprint density at radius 1 is 1.47 bits per heavy atom. The highest BCUT2D eigenvalue weighted by Crippen LogP contribution is 2.17. The van der Waals surface area contributed by atoms with Crippen LogP contribution in [0.3, 0.4) is 0 Å². The summed E-state index contributed by atoms with van der Waals surface area (Å²) in [5, 5.41) is 17.7. The molecule has 1 fully saturated rings. The number of carboxylic acids is 2. The number of hydrogen-bond donors (Lipinski definition) is 2. The van der Waals surface area contributed by atoms with Gasteiger partial charge in [0.2, 0.25) is 0 Å². The highest BCUT2D eigenvalue weighted by molar-refractivity contribution is 5.80. The molecule has 6 heteroatoms. The first-order chi connectivity index (χ1) is 7.90. The predicted molar refractivity (Wildman–Crippen MR) is 61.9 cm³/mol. The second kappa shape index (κ2) is 5.97. The van der Waals surface area contributed by atoms with Crippen molar-refractivity contribution in [1.82, 2.24) is 9.80 Å². The van der Waals surface area contributed by atoms with Crippen LogP contribution in [0, 0.1) is 5.92 Å². The number of rotatable bonds is 6. The minimum atomic E-state index is -1.08. The van der Waals surface area contributed by atoms with Crippen molar-refractivity contribution in [3.05, 3.63) is 0 Å². The number of carbonyl (C=O) groups is 2. The van der Waals surface area contributed by atoms with Gasteiger partial charge in [0.25, 0.3) is 0 Å². The fourth-order valence-electron chi connectivity index (χ4n) is 2.31. The van der Waals surface area contributed by atoms with E-state index >= 15 is 0 Å². The molecule has 0 aromatic heterocycles. The van der Waals surface area contributed by atoms with Gasteiger partial charge in [0.15, 0.2) is 0 Å². The van der Waals surface area contributed by atoms with E-state index in [1.54, 1.807) is 11.9 Å². The normalized spacial score (nSPS) is 22.9. The smallest absolute Gasteiger partial charge is 0.321 e. The Morgan fingerprint density at radius 3 is 2.53 bits per heavy atom. The first-order valence-corrected chi connectivity index (χ1v) is 5.73. The van der Waals surface area contributed by atoms with Crippen LogP contribution in [0.2, 0.25) is 0 Å². The van der Waals surface area contributed by atoms with E-state index in [-0.39, 0.29) is 6.42 Å². The number of hydrogen-bond acceptors (Lipinski definition) is 4. The molecule has 0 saturated carbocycles. The molecule has 6 nitrogen and oxygen atoms in total. The summed E-state index contributed by atoms with van der Waals surface area (Å²) >= 11 is 0. The third-order valence-corrected chi connectivity index (χ3v) is 3.22. The van der Waals surface area contributed by atoms with E-state index in [1.807, 2.05) is 7.05 Å². The zero-order valence-electron chi connectivity index (χ0n) is 10.3. The summed E-state index contributed by atoms with van der Waals surface area (Å²) in [5.41, 5.74) is 0. The topological polar surface area (TPSA) is 81.1 Å². The molecule has 0 spiro atoms. The molecular formula is C11H20N2O4. The summed E-state index contributed by atoms with van der Waals surface area (Å²) in [7, 11) is 3.71. The van der Waals surface area contributed by atoms with Gasteiger partial charge in [0.1, 0.15) is 6.04 Å². The molecule has 0 aliphatic carbocycles. The molecule has 2 atom stereocenters. The van der Waals surface area contributed by atoms with Crippen LogP contribution in [-0.2, 0) is 9.59 Å². The second-order valence-corrected chi connectivity index (χ2v) is 4.81. The molecular weight excluding hydrogens is 224 g/mol. The third-order valence-electron chi connectivity index (χ3n) is 3.22. The molecule has 1 aliphatic heterocycles. The van der Waals surface area contributed by atoms with Crippen LogP contribution >= 0.6 is 0 Å². The van der Waals surface area contributed by atoms with Crippen molar-refractivity contribution in [2.24, 2.45) is 5.92 Å². The number of likely N-dealkylation sites (N-methyl/N-ethyl adjacent to an activating group) is 1. The van der Waals surface area contributed by atoms with Crippen LogP contribution in [0.15, 0.2) is 0 Å². The first kappa shape index (κ1) is 13.9. The zero-order chi connectivity index (χ0) is 13.0. The number of carboxylic acid groups (broad SMARTS) is 2. The molecule has 0 aromatic carbocycles. The number of nitrogens with zero attached hydrogens (tertiary/aromatic N) is 2. The highest BCUT2D eigenvalue weighted by atomic mass is 16.4. The molecule has 0 amide bonds. The van der Waals surface area contributed by atoms with Crippen molar-refractivity contribution in [3.8, 4) is 0 Å². The van der Waals surface area contributed by atoms with E-state index in [9.17, 15) is 9.59 Å².